The van der Waals surface area contributed by atoms with Gasteiger partial charge in [-0.2, -0.15) is 0 Å². The Morgan fingerprint density at radius 2 is 2.07 bits per heavy atom. The first-order valence-corrected chi connectivity index (χ1v) is 4.76. The topological polar surface area (TPSA) is 21.3 Å². The van der Waals surface area contributed by atoms with E-state index in [0.717, 1.165) is 0 Å². The van der Waals surface area contributed by atoms with E-state index in [1.54, 1.807) is 12.1 Å². The zero-order valence-electron chi connectivity index (χ0n) is 8.43. The molecule has 0 saturated carbocycles. The van der Waals surface area contributed by atoms with Crippen molar-refractivity contribution in [2.24, 2.45) is 0 Å². The van der Waals surface area contributed by atoms with Crippen molar-refractivity contribution in [2.45, 2.75) is 12.5 Å². The average Bonchev–Trinajstić information content (AvgIpc) is 2.18. The lowest BCUT2D eigenvalue weighted by Crippen LogP contribution is -2.24. The Morgan fingerprint density at radius 3 is 2.53 bits per heavy atom. The molecule has 1 N–H and O–H groups in total. The molecule has 84 valence electrons. The summed E-state index contributed by atoms with van der Waals surface area (Å²) < 4.78 is 30.3. The highest BCUT2D eigenvalue weighted by Gasteiger charge is 2.23. The molecule has 0 amide bonds. The third-order valence-corrected chi connectivity index (χ3v) is 2.32. The molecule has 15 heavy (non-hydrogen) atoms. The smallest absolute Gasteiger partial charge is 0.257 e. The lowest BCUT2D eigenvalue weighted by atomic mass is 10.1. The Morgan fingerprint density at radius 1 is 1.40 bits per heavy atom. The molecular weight excluding hydrogens is 224 g/mol. The van der Waals surface area contributed by atoms with Gasteiger partial charge in [-0.15, -0.1) is 0 Å². The molecule has 0 aromatic heterocycles. The van der Waals surface area contributed by atoms with E-state index in [2.05, 4.69) is 5.32 Å². The SMILES string of the molecule is CNC(c1cc(Cl)ccc1OC)C(F)F. The quantitative estimate of drug-likeness (QED) is 0.867. The van der Waals surface area contributed by atoms with Crippen LogP contribution >= 0.6 is 11.6 Å². The van der Waals surface area contributed by atoms with E-state index >= 15 is 0 Å². The second kappa shape index (κ2) is 5.28. The maximum absolute atomic E-state index is 12.7. The number of nitrogens with one attached hydrogen (secondary N) is 1. The summed E-state index contributed by atoms with van der Waals surface area (Å²) in [6, 6.07) is 3.58. The van der Waals surface area contributed by atoms with Crippen molar-refractivity contribution in [1.82, 2.24) is 5.32 Å². The first-order chi connectivity index (χ1) is 7.10. The molecule has 0 heterocycles. The predicted molar refractivity (Wildman–Crippen MR) is 55.8 cm³/mol. The minimum absolute atomic E-state index is 0.363. The fraction of sp³-hybridized carbons (Fsp3) is 0.400. The monoisotopic (exact) mass is 235 g/mol. The van der Waals surface area contributed by atoms with Crippen molar-refractivity contribution in [3.8, 4) is 5.75 Å². The molecule has 0 radical (unpaired) electrons. The van der Waals surface area contributed by atoms with Gasteiger partial charge in [-0.3, -0.25) is 0 Å². The molecule has 0 spiro atoms. The second-order valence-electron chi connectivity index (χ2n) is 2.99. The normalized spacial score (nSPS) is 12.9. The standard InChI is InChI=1S/C10H12ClF2NO/c1-14-9(10(12)13)7-5-6(11)3-4-8(7)15-2/h3-5,9-10,14H,1-2H3. The number of benzene rings is 1. The molecule has 0 bridgehead atoms. The van der Waals surface area contributed by atoms with Crippen LogP contribution < -0.4 is 10.1 Å². The minimum Gasteiger partial charge on any atom is -0.496 e. The molecule has 0 aliphatic heterocycles. The maximum Gasteiger partial charge on any atom is 0.257 e. The van der Waals surface area contributed by atoms with Crippen molar-refractivity contribution in [2.75, 3.05) is 14.2 Å². The van der Waals surface area contributed by atoms with Gasteiger partial charge in [-0.05, 0) is 25.2 Å². The molecule has 1 atom stereocenters. The summed E-state index contributed by atoms with van der Waals surface area (Å²) in [4.78, 5) is 0. The van der Waals surface area contributed by atoms with Crippen LogP contribution in [0.15, 0.2) is 18.2 Å². The highest BCUT2D eigenvalue weighted by molar-refractivity contribution is 6.30. The van der Waals surface area contributed by atoms with Crippen molar-refractivity contribution in [3.63, 3.8) is 0 Å². The van der Waals surface area contributed by atoms with E-state index in [9.17, 15) is 8.78 Å². The zero-order chi connectivity index (χ0) is 11.4. The van der Waals surface area contributed by atoms with Crippen LogP contribution in [-0.4, -0.2) is 20.6 Å². The fourth-order valence-corrected chi connectivity index (χ4v) is 1.55. The summed E-state index contributed by atoms with van der Waals surface area (Å²) in [5.41, 5.74) is 0.363. The molecule has 1 aromatic rings. The third kappa shape index (κ3) is 2.79. The van der Waals surface area contributed by atoms with Gasteiger partial charge >= 0.3 is 0 Å². The summed E-state index contributed by atoms with van der Waals surface area (Å²) >= 11 is 5.75. The summed E-state index contributed by atoms with van der Waals surface area (Å²) in [5.74, 6) is 0.402. The van der Waals surface area contributed by atoms with Gasteiger partial charge in [0.1, 0.15) is 5.75 Å². The predicted octanol–water partition coefficient (Wildman–Crippen LogP) is 2.87. The van der Waals surface area contributed by atoms with E-state index in [1.165, 1.54) is 20.2 Å². The van der Waals surface area contributed by atoms with Crippen LogP contribution in [0.4, 0.5) is 8.78 Å². The van der Waals surface area contributed by atoms with Crippen LogP contribution in [0, 0.1) is 0 Å². The number of rotatable bonds is 4. The highest BCUT2D eigenvalue weighted by atomic mass is 35.5. The Hall–Kier alpha value is -0.870. The van der Waals surface area contributed by atoms with E-state index in [0.29, 0.717) is 16.3 Å². The van der Waals surface area contributed by atoms with Gasteiger partial charge < -0.3 is 10.1 Å². The third-order valence-electron chi connectivity index (χ3n) is 2.09. The molecule has 2 nitrogen and oxygen atoms in total. The molecule has 0 aliphatic rings. The van der Waals surface area contributed by atoms with Crippen LogP contribution in [0.3, 0.4) is 0 Å². The van der Waals surface area contributed by atoms with Gasteiger partial charge in [0.05, 0.1) is 13.2 Å². The summed E-state index contributed by atoms with van der Waals surface area (Å²) in [6.45, 7) is 0. The first-order valence-electron chi connectivity index (χ1n) is 4.39. The summed E-state index contributed by atoms with van der Waals surface area (Å²) in [7, 11) is 2.90. The van der Waals surface area contributed by atoms with E-state index in [1.807, 2.05) is 0 Å². The summed E-state index contributed by atoms with van der Waals surface area (Å²) in [6.07, 6.45) is -2.51. The lowest BCUT2D eigenvalue weighted by molar-refractivity contribution is 0.101. The van der Waals surface area contributed by atoms with Crippen molar-refractivity contribution in [1.29, 1.82) is 0 Å². The van der Waals surface area contributed by atoms with Crippen molar-refractivity contribution < 1.29 is 13.5 Å². The molecular formula is C10H12ClF2NO. The van der Waals surface area contributed by atoms with Crippen molar-refractivity contribution >= 4 is 11.6 Å². The zero-order valence-corrected chi connectivity index (χ0v) is 9.18. The van der Waals surface area contributed by atoms with Crippen LogP contribution in [0.1, 0.15) is 11.6 Å². The number of hydrogen-bond donors (Lipinski definition) is 1. The van der Waals surface area contributed by atoms with E-state index in [4.69, 9.17) is 16.3 Å². The molecule has 0 aliphatic carbocycles. The number of hydrogen-bond acceptors (Lipinski definition) is 2. The van der Waals surface area contributed by atoms with E-state index in [-0.39, 0.29) is 0 Å². The Labute approximate surface area is 92.2 Å². The average molecular weight is 236 g/mol. The largest absolute Gasteiger partial charge is 0.496 e. The van der Waals surface area contributed by atoms with Gasteiger partial charge in [0.15, 0.2) is 0 Å². The van der Waals surface area contributed by atoms with Gasteiger partial charge in [-0.1, -0.05) is 11.6 Å². The number of alkyl halides is 2. The molecule has 0 fully saturated rings. The highest BCUT2D eigenvalue weighted by Crippen LogP contribution is 2.31. The van der Waals surface area contributed by atoms with Crippen LogP contribution in [0.5, 0.6) is 5.75 Å². The minimum atomic E-state index is -2.51. The second-order valence-corrected chi connectivity index (χ2v) is 3.42. The first kappa shape index (κ1) is 12.2. The van der Waals surface area contributed by atoms with Crippen LogP contribution in [-0.2, 0) is 0 Å². The molecule has 1 unspecified atom stereocenters. The van der Waals surface area contributed by atoms with Gasteiger partial charge in [0.25, 0.3) is 6.43 Å². The van der Waals surface area contributed by atoms with E-state index < -0.39 is 12.5 Å². The number of methoxy groups -OCH3 is 1. The molecule has 0 saturated heterocycles. The summed E-state index contributed by atoms with van der Waals surface area (Å²) in [5, 5.41) is 2.94. The number of halogens is 3. The van der Waals surface area contributed by atoms with Crippen molar-refractivity contribution in [3.05, 3.63) is 28.8 Å². The van der Waals surface area contributed by atoms with Gasteiger partial charge in [0.2, 0.25) is 0 Å². The van der Waals surface area contributed by atoms with Gasteiger partial charge in [0, 0.05) is 10.6 Å². The molecule has 1 rings (SSSR count). The fourth-order valence-electron chi connectivity index (χ4n) is 1.37. The van der Waals surface area contributed by atoms with Crippen LogP contribution in [0.2, 0.25) is 5.02 Å². The Balaban J connectivity index is 3.13. The van der Waals surface area contributed by atoms with Crippen LogP contribution in [0.25, 0.3) is 0 Å². The molecule has 1 aromatic carbocycles. The number of ether oxygens (including phenoxy) is 1. The Kier molecular flexibility index (Phi) is 4.29. The molecule has 5 heteroatoms. The maximum atomic E-state index is 12.7. The Bertz CT molecular complexity index is 333. The lowest BCUT2D eigenvalue weighted by Gasteiger charge is -2.18. The van der Waals surface area contributed by atoms with Gasteiger partial charge in [-0.25, -0.2) is 8.78 Å².